The summed E-state index contributed by atoms with van der Waals surface area (Å²) in [5.41, 5.74) is 1.24. The summed E-state index contributed by atoms with van der Waals surface area (Å²) in [7, 11) is 0. The summed E-state index contributed by atoms with van der Waals surface area (Å²) in [5, 5.41) is 3.90. The van der Waals surface area contributed by atoms with Gasteiger partial charge in [0.05, 0.1) is 5.02 Å². The maximum atomic E-state index is 13.6. The van der Waals surface area contributed by atoms with E-state index in [0.29, 0.717) is 11.1 Å². The summed E-state index contributed by atoms with van der Waals surface area (Å²) >= 11 is 6.15. The molecule has 0 amide bonds. The van der Waals surface area contributed by atoms with E-state index in [9.17, 15) is 4.39 Å². The van der Waals surface area contributed by atoms with Crippen molar-refractivity contribution in [2.75, 3.05) is 6.54 Å². The summed E-state index contributed by atoms with van der Waals surface area (Å²) in [6.45, 7) is 5.38. The molecule has 0 saturated heterocycles. The standard InChI is InChI=1S/C17H23ClFN/c1-11(2)20-10-17(8-13-6-14(13)9-17)7-12-4-3-5-15(19)16(12)18/h3-5,11,13-14,20H,6-10H2,1-2H3. The summed E-state index contributed by atoms with van der Waals surface area (Å²) in [6, 6.07) is 5.69. The van der Waals surface area contributed by atoms with Gasteiger partial charge in [0, 0.05) is 12.6 Å². The minimum atomic E-state index is -0.292. The van der Waals surface area contributed by atoms with E-state index in [4.69, 9.17) is 11.6 Å². The molecule has 1 aromatic rings. The topological polar surface area (TPSA) is 12.0 Å². The molecular weight excluding hydrogens is 273 g/mol. The maximum Gasteiger partial charge on any atom is 0.142 e. The fraction of sp³-hybridized carbons (Fsp3) is 0.647. The van der Waals surface area contributed by atoms with Crippen LogP contribution in [0.4, 0.5) is 4.39 Å². The van der Waals surface area contributed by atoms with Crippen molar-refractivity contribution in [3.63, 3.8) is 0 Å². The third-order valence-corrected chi connectivity index (χ3v) is 5.37. The van der Waals surface area contributed by atoms with Gasteiger partial charge in [0.2, 0.25) is 0 Å². The second-order valence-electron chi connectivity index (χ2n) is 7.09. The van der Waals surface area contributed by atoms with Crippen LogP contribution in [0.15, 0.2) is 18.2 Å². The Hall–Kier alpha value is -0.600. The summed E-state index contributed by atoms with van der Waals surface area (Å²) < 4.78 is 13.6. The molecule has 2 unspecified atom stereocenters. The van der Waals surface area contributed by atoms with Crippen molar-refractivity contribution in [3.8, 4) is 0 Å². The molecule has 110 valence electrons. The molecule has 0 aromatic heterocycles. The number of fused-ring (bicyclic) bond motifs is 1. The van der Waals surface area contributed by atoms with Crippen LogP contribution in [0, 0.1) is 23.1 Å². The van der Waals surface area contributed by atoms with Crippen LogP contribution < -0.4 is 5.32 Å². The zero-order valence-corrected chi connectivity index (χ0v) is 13.0. The zero-order chi connectivity index (χ0) is 14.3. The van der Waals surface area contributed by atoms with Gasteiger partial charge >= 0.3 is 0 Å². The Labute approximate surface area is 125 Å². The SMILES string of the molecule is CC(C)NCC1(Cc2cccc(F)c2Cl)CC2CC2C1. The molecule has 2 fully saturated rings. The molecule has 0 aliphatic heterocycles. The Morgan fingerprint density at radius 2 is 2.05 bits per heavy atom. The first kappa shape index (κ1) is 14.3. The second kappa shape index (κ2) is 5.31. The molecule has 1 nitrogen and oxygen atoms in total. The quantitative estimate of drug-likeness (QED) is 0.847. The van der Waals surface area contributed by atoms with E-state index in [0.717, 1.165) is 30.4 Å². The van der Waals surface area contributed by atoms with Gasteiger partial charge in [0.25, 0.3) is 0 Å². The Morgan fingerprint density at radius 1 is 1.35 bits per heavy atom. The lowest BCUT2D eigenvalue weighted by Gasteiger charge is -2.33. The number of benzene rings is 1. The van der Waals surface area contributed by atoms with Gasteiger partial charge in [0.15, 0.2) is 0 Å². The van der Waals surface area contributed by atoms with Gasteiger partial charge in [-0.2, -0.15) is 0 Å². The Balaban J connectivity index is 1.78. The van der Waals surface area contributed by atoms with Crippen LogP contribution in [0.2, 0.25) is 5.02 Å². The predicted octanol–water partition coefficient (Wildman–Crippen LogP) is 4.44. The molecule has 2 aliphatic rings. The average Bonchev–Trinajstić information content (AvgIpc) is 3.01. The molecule has 0 heterocycles. The largest absolute Gasteiger partial charge is 0.314 e. The van der Waals surface area contributed by atoms with Crippen LogP contribution in [-0.2, 0) is 6.42 Å². The highest BCUT2D eigenvalue weighted by Gasteiger charge is 2.53. The fourth-order valence-electron chi connectivity index (χ4n) is 3.87. The maximum absolute atomic E-state index is 13.6. The molecule has 0 bridgehead atoms. The van der Waals surface area contributed by atoms with Crippen molar-refractivity contribution < 1.29 is 4.39 Å². The molecule has 0 spiro atoms. The molecule has 3 rings (SSSR count). The van der Waals surface area contributed by atoms with E-state index in [-0.39, 0.29) is 11.2 Å². The van der Waals surface area contributed by atoms with Crippen LogP contribution >= 0.6 is 11.6 Å². The second-order valence-corrected chi connectivity index (χ2v) is 7.47. The molecule has 1 aromatic carbocycles. The lowest BCUT2D eigenvalue weighted by molar-refractivity contribution is 0.241. The third kappa shape index (κ3) is 2.87. The summed E-state index contributed by atoms with van der Waals surface area (Å²) in [5.74, 6) is 1.53. The number of hydrogen-bond donors (Lipinski definition) is 1. The molecular formula is C17H23ClFN. The number of hydrogen-bond acceptors (Lipinski definition) is 1. The van der Waals surface area contributed by atoms with Crippen molar-refractivity contribution in [3.05, 3.63) is 34.6 Å². The normalized spacial score (nSPS) is 31.6. The monoisotopic (exact) mass is 295 g/mol. The van der Waals surface area contributed by atoms with Gasteiger partial charge in [-0.1, -0.05) is 37.6 Å². The number of rotatable bonds is 5. The first-order chi connectivity index (χ1) is 9.49. The molecule has 2 aliphatic carbocycles. The fourth-order valence-corrected chi connectivity index (χ4v) is 4.06. The van der Waals surface area contributed by atoms with Gasteiger partial charge in [-0.05, 0) is 54.6 Å². The van der Waals surface area contributed by atoms with E-state index in [1.165, 1.54) is 25.3 Å². The van der Waals surface area contributed by atoms with Crippen molar-refractivity contribution >= 4 is 11.6 Å². The van der Waals surface area contributed by atoms with Gasteiger partial charge in [-0.25, -0.2) is 4.39 Å². The highest BCUT2D eigenvalue weighted by Crippen LogP contribution is 2.60. The first-order valence-electron chi connectivity index (χ1n) is 7.65. The van der Waals surface area contributed by atoms with Crippen molar-refractivity contribution in [1.29, 1.82) is 0 Å². The molecule has 2 atom stereocenters. The smallest absolute Gasteiger partial charge is 0.142 e. The number of nitrogens with one attached hydrogen (secondary N) is 1. The zero-order valence-electron chi connectivity index (χ0n) is 12.3. The van der Waals surface area contributed by atoms with E-state index < -0.39 is 0 Å². The minimum Gasteiger partial charge on any atom is -0.314 e. The van der Waals surface area contributed by atoms with Crippen LogP contribution in [0.3, 0.4) is 0 Å². The van der Waals surface area contributed by atoms with Crippen LogP contribution in [-0.4, -0.2) is 12.6 Å². The summed E-state index contributed by atoms with van der Waals surface area (Å²) in [6.07, 6.45) is 4.84. The first-order valence-corrected chi connectivity index (χ1v) is 8.03. The van der Waals surface area contributed by atoms with Crippen molar-refractivity contribution in [1.82, 2.24) is 5.32 Å². The van der Waals surface area contributed by atoms with E-state index in [1.807, 2.05) is 6.07 Å². The van der Waals surface area contributed by atoms with Crippen molar-refractivity contribution in [2.45, 2.75) is 45.6 Å². The highest BCUT2D eigenvalue weighted by atomic mass is 35.5. The van der Waals surface area contributed by atoms with Gasteiger partial charge in [-0.15, -0.1) is 0 Å². The Morgan fingerprint density at radius 3 is 2.70 bits per heavy atom. The Kier molecular flexibility index (Phi) is 3.81. The molecule has 0 radical (unpaired) electrons. The lowest BCUT2D eigenvalue weighted by Crippen LogP contribution is -2.38. The van der Waals surface area contributed by atoms with Gasteiger partial charge < -0.3 is 5.32 Å². The molecule has 1 N–H and O–H groups in total. The van der Waals surface area contributed by atoms with Crippen LogP contribution in [0.1, 0.15) is 38.7 Å². The van der Waals surface area contributed by atoms with Crippen LogP contribution in [0.25, 0.3) is 0 Å². The van der Waals surface area contributed by atoms with E-state index in [2.05, 4.69) is 19.2 Å². The van der Waals surface area contributed by atoms with Crippen LogP contribution in [0.5, 0.6) is 0 Å². The minimum absolute atomic E-state index is 0.273. The highest BCUT2D eigenvalue weighted by molar-refractivity contribution is 6.31. The molecule has 20 heavy (non-hydrogen) atoms. The molecule has 3 heteroatoms. The number of halogens is 2. The predicted molar refractivity (Wildman–Crippen MR) is 81.5 cm³/mol. The van der Waals surface area contributed by atoms with E-state index >= 15 is 0 Å². The average molecular weight is 296 g/mol. The van der Waals surface area contributed by atoms with E-state index in [1.54, 1.807) is 6.07 Å². The van der Waals surface area contributed by atoms with Crippen molar-refractivity contribution in [2.24, 2.45) is 17.3 Å². The Bertz CT molecular complexity index is 490. The lowest BCUT2D eigenvalue weighted by atomic mass is 9.77. The van der Waals surface area contributed by atoms with Gasteiger partial charge in [-0.3, -0.25) is 0 Å². The molecule has 2 saturated carbocycles. The third-order valence-electron chi connectivity index (χ3n) is 4.94. The van der Waals surface area contributed by atoms with Gasteiger partial charge in [0.1, 0.15) is 5.82 Å². The summed E-state index contributed by atoms with van der Waals surface area (Å²) in [4.78, 5) is 0.